The topological polar surface area (TPSA) is 82.6 Å². The summed E-state index contributed by atoms with van der Waals surface area (Å²) in [6.07, 6.45) is 4.33. The second-order valence-corrected chi connectivity index (χ2v) is 10.4. The van der Waals surface area contributed by atoms with Gasteiger partial charge in [-0.2, -0.15) is 0 Å². The van der Waals surface area contributed by atoms with Gasteiger partial charge in [-0.25, -0.2) is 0 Å². The predicted molar refractivity (Wildman–Crippen MR) is 141 cm³/mol. The highest BCUT2D eigenvalue weighted by molar-refractivity contribution is 7.09. The van der Waals surface area contributed by atoms with Crippen LogP contribution >= 0.6 is 34.5 Å². The number of pyridine rings is 1. The molecule has 1 aliphatic rings. The summed E-state index contributed by atoms with van der Waals surface area (Å²) in [6.45, 7) is 1.01. The van der Waals surface area contributed by atoms with Crippen LogP contribution in [0.5, 0.6) is 0 Å². The lowest BCUT2D eigenvalue weighted by atomic mass is 10.0. The van der Waals surface area contributed by atoms with Crippen LogP contribution in [0, 0.1) is 0 Å². The number of rotatable bonds is 10. The summed E-state index contributed by atoms with van der Waals surface area (Å²) < 4.78 is 0. The van der Waals surface area contributed by atoms with E-state index in [0.717, 1.165) is 16.0 Å². The summed E-state index contributed by atoms with van der Waals surface area (Å²) in [5, 5.41) is 5.86. The third-order valence-corrected chi connectivity index (χ3v) is 7.56. The molecule has 1 saturated heterocycles. The zero-order valence-corrected chi connectivity index (χ0v) is 21.9. The van der Waals surface area contributed by atoms with Crippen LogP contribution in [-0.4, -0.2) is 58.2 Å². The van der Waals surface area contributed by atoms with E-state index in [9.17, 15) is 14.4 Å². The van der Waals surface area contributed by atoms with E-state index in [1.54, 1.807) is 40.8 Å². The van der Waals surface area contributed by atoms with Gasteiger partial charge in [-0.1, -0.05) is 35.3 Å². The molecule has 3 amide bonds. The number of nitrogens with zero attached hydrogens (tertiary/aromatic N) is 3. The maximum absolute atomic E-state index is 13.5. The number of aromatic nitrogens is 1. The van der Waals surface area contributed by atoms with E-state index in [1.807, 2.05) is 35.7 Å². The fourth-order valence-corrected chi connectivity index (χ4v) is 5.29. The fraction of sp³-hybridized carbons (Fsp3) is 0.308. The lowest BCUT2D eigenvalue weighted by molar-refractivity contribution is -0.157. The number of amides is 3. The molecule has 36 heavy (non-hydrogen) atoms. The van der Waals surface area contributed by atoms with Crippen LogP contribution in [0.25, 0.3) is 0 Å². The zero-order valence-electron chi connectivity index (χ0n) is 19.5. The third kappa shape index (κ3) is 6.84. The lowest BCUT2D eigenvalue weighted by Gasteiger charge is -2.40. The first-order valence-electron chi connectivity index (χ1n) is 11.6. The van der Waals surface area contributed by atoms with E-state index in [0.29, 0.717) is 42.5 Å². The predicted octanol–water partition coefficient (Wildman–Crippen LogP) is 3.98. The first-order chi connectivity index (χ1) is 17.4. The first-order valence-corrected chi connectivity index (χ1v) is 13.2. The molecule has 1 aliphatic heterocycles. The van der Waals surface area contributed by atoms with Gasteiger partial charge in [-0.05, 0) is 59.7 Å². The van der Waals surface area contributed by atoms with E-state index in [-0.39, 0.29) is 30.7 Å². The Morgan fingerprint density at radius 2 is 1.89 bits per heavy atom. The second kappa shape index (κ2) is 12.3. The van der Waals surface area contributed by atoms with Crippen LogP contribution < -0.4 is 5.32 Å². The third-order valence-electron chi connectivity index (χ3n) is 6.09. The minimum atomic E-state index is -0.864. The van der Waals surface area contributed by atoms with E-state index in [2.05, 4.69) is 10.3 Å². The van der Waals surface area contributed by atoms with Crippen molar-refractivity contribution in [1.82, 2.24) is 20.1 Å². The van der Waals surface area contributed by atoms with Gasteiger partial charge >= 0.3 is 0 Å². The normalized spacial score (nSPS) is 15.9. The van der Waals surface area contributed by atoms with Gasteiger partial charge in [-0.3, -0.25) is 19.4 Å². The highest BCUT2D eigenvalue weighted by Crippen LogP contribution is 2.23. The Kier molecular flexibility index (Phi) is 8.96. The SMILES string of the molecule is O=C(CC1C(=O)N(CCc2ccc(Cl)cc2Cl)CC(=O)N1CCc1ccncc1)NCc1cccs1. The number of piperazine rings is 1. The molecule has 1 fully saturated rings. The second-order valence-electron chi connectivity index (χ2n) is 8.51. The highest BCUT2D eigenvalue weighted by Gasteiger charge is 2.40. The quantitative estimate of drug-likeness (QED) is 0.418. The Labute approximate surface area is 224 Å². The van der Waals surface area contributed by atoms with E-state index >= 15 is 0 Å². The van der Waals surface area contributed by atoms with Crippen molar-refractivity contribution in [2.75, 3.05) is 19.6 Å². The maximum Gasteiger partial charge on any atom is 0.246 e. The minimum absolute atomic E-state index is 0.0340. The Morgan fingerprint density at radius 3 is 2.61 bits per heavy atom. The summed E-state index contributed by atoms with van der Waals surface area (Å²) in [4.78, 5) is 47.6. The Morgan fingerprint density at radius 1 is 1.08 bits per heavy atom. The van der Waals surface area contributed by atoms with E-state index in [1.165, 1.54) is 4.90 Å². The van der Waals surface area contributed by atoms with Gasteiger partial charge in [0.15, 0.2) is 0 Å². The molecule has 0 radical (unpaired) electrons. The zero-order chi connectivity index (χ0) is 25.5. The van der Waals surface area contributed by atoms with Gasteiger partial charge in [-0.15, -0.1) is 11.3 Å². The molecule has 10 heteroatoms. The van der Waals surface area contributed by atoms with E-state index < -0.39 is 6.04 Å². The van der Waals surface area contributed by atoms with Crippen LogP contribution in [0.3, 0.4) is 0 Å². The summed E-state index contributed by atoms with van der Waals surface area (Å²) >= 11 is 13.8. The Bertz CT molecular complexity index is 1210. The molecule has 7 nitrogen and oxygen atoms in total. The van der Waals surface area contributed by atoms with Gasteiger partial charge in [0.2, 0.25) is 17.7 Å². The molecule has 0 bridgehead atoms. The van der Waals surface area contributed by atoms with Gasteiger partial charge in [0, 0.05) is 40.4 Å². The molecule has 1 atom stereocenters. The van der Waals surface area contributed by atoms with Crippen molar-refractivity contribution in [2.24, 2.45) is 0 Å². The fourth-order valence-electron chi connectivity index (χ4n) is 4.14. The van der Waals surface area contributed by atoms with Gasteiger partial charge < -0.3 is 15.1 Å². The highest BCUT2D eigenvalue weighted by atomic mass is 35.5. The number of nitrogens with one attached hydrogen (secondary N) is 1. The van der Waals surface area contributed by atoms with Crippen LogP contribution in [-0.2, 0) is 33.8 Å². The van der Waals surface area contributed by atoms with Crippen LogP contribution in [0.4, 0.5) is 0 Å². The molecule has 1 unspecified atom stereocenters. The Hall–Kier alpha value is -2.94. The number of halogens is 2. The number of thiophene rings is 1. The summed E-state index contributed by atoms with van der Waals surface area (Å²) in [7, 11) is 0. The maximum atomic E-state index is 13.5. The van der Waals surface area contributed by atoms with Crippen molar-refractivity contribution in [1.29, 1.82) is 0 Å². The van der Waals surface area contributed by atoms with Crippen molar-refractivity contribution in [2.45, 2.75) is 31.8 Å². The molecule has 3 heterocycles. The van der Waals surface area contributed by atoms with Crippen molar-refractivity contribution >= 4 is 52.3 Å². The average molecular weight is 545 g/mol. The number of hydrogen-bond donors (Lipinski definition) is 1. The van der Waals surface area contributed by atoms with Crippen LogP contribution in [0.2, 0.25) is 10.0 Å². The number of carbonyl (C=O) groups is 3. The molecular weight excluding hydrogens is 519 g/mol. The lowest BCUT2D eigenvalue weighted by Crippen LogP contribution is -2.61. The molecule has 0 aliphatic carbocycles. The molecule has 2 aromatic heterocycles. The van der Waals surface area contributed by atoms with Crippen molar-refractivity contribution in [3.8, 4) is 0 Å². The van der Waals surface area contributed by atoms with Gasteiger partial charge in [0.05, 0.1) is 19.5 Å². The summed E-state index contributed by atoms with van der Waals surface area (Å²) in [6, 6.07) is 12.0. The minimum Gasteiger partial charge on any atom is -0.351 e. The first kappa shape index (κ1) is 26.1. The van der Waals surface area contributed by atoms with Crippen molar-refractivity contribution in [3.63, 3.8) is 0 Å². The van der Waals surface area contributed by atoms with E-state index in [4.69, 9.17) is 23.2 Å². The summed E-state index contributed by atoms with van der Waals surface area (Å²) in [5.74, 6) is -0.686. The Balaban J connectivity index is 1.45. The molecule has 188 valence electrons. The smallest absolute Gasteiger partial charge is 0.246 e. The van der Waals surface area contributed by atoms with Crippen LogP contribution in [0.15, 0.2) is 60.2 Å². The standard InChI is InChI=1S/C26H26Cl2N4O3S/c27-20-4-3-19(22(28)14-20)8-11-31-17-25(34)32(12-7-18-5-9-29-10-6-18)23(26(31)35)15-24(33)30-16-21-2-1-13-36-21/h1-6,9-10,13-14,23H,7-8,11-12,15-17H2,(H,30,33). The molecule has 1 N–H and O–H groups in total. The monoisotopic (exact) mass is 544 g/mol. The number of hydrogen-bond acceptors (Lipinski definition) is 5. The average Bonchev–Trinajstić information content (AvgIpc) is 3.39. The molecule has 1 aromatic carbocycles. The molecule has 0 spiro atoms. The molecular formula is C26H26Cl2N4O3S. The van der Waals surface area contributed by atoms with Crippen molar-refractivity contribution in [3.05, 3.63) is 86.3 Å². The van der Waals surface area contributed by atoms with Gasteiger partial charge in [0.1, 0.15) is 6.04 Å². The van der Waals surface area contributed by atoms with Crippen LogP contribution in [0.1, 0.15) is 22.4 Å². The largest absolute Gasteiger partial charge is 0.351 e. The number of carbonyl (C=O) groups excluding carboxylic acids is 3. The van der Waals surface area contributed by atoms with Crippen molar-refractivity contribution < 1.29 is 14.4 Å². The molecule has 4 rings (SSSR count). The molecule has 3 aromatic rings. The molecule has 0 saturated carbocycles. The number of benzene rings is 1. The van der Waals surface area contributed by atoms with Gasteiger partial charge in [0.25, 0.3) is 0 Å². The summed E-state index contributed by atoms with van der Waals surface area (Å²) in [5.41, 5.74) is 1.85.